The van der Waals surface area contributed by atoms with Crippen molar-refractivity contribution >= 4 is 18.7 Å². The molecule has 0 N–H and O–H groups in total. The van der Waals surface area contributed by atoms with E-state index in [2.05, 4.69) is 6.58 Å². The molecule has 0 nitrogen and oxygen atoms in total. The fourth-order valence-electron chi connectivity index (χ4n) is 0.801. The second-order valence-corrected chi connectivity index (χ2v) is 4.02. The summed E-state index contributed by atoms with van der Waals surface area (Å²) in [6.45, 7) is -2.00. The second-order valence-electron chi connectivity index (χ2n) is 2.98. The van der Waals surface area contributed by atoms with E-state index in [4.69, 9.17) is 0 Å². The van der Waals surface area contributed by atoms with Gasteiger partial charge in [-0.3, -0.25) is 0 Å². The molecular weight excluding hydrogens is 266 g/mol. The zero-order chi connectivity index (χ0) is 11.5. The third kappa shape index (κ3) is 5.88. The second kappa shape index (κ2) is 7.23. The summed E-state index contributed by atoms with van der Waals surface area (Å²) in [4.78, 5) is 0.595. The Morgan fingerprint density at radius 3 is 2.12 bits per heavy atom. The number of hydrogen-bond donors (Lipinski definition) is 0. The van der Waals surface area contributed by atoms with Gasteiger partial charge in [-0.15, -0.1) is 23.8 Å². The minimum absolute atomic E-state index is 0. The Morgan fingerprint density at radius 2 is 1.69 bits per heavy atom. The van der Waals surface area contributed by atoms with Gasteiger partial charge in [0.1, 0.15) is 5.82 Å². The number of thioether (sulfide) groups is 1. The Balaban J connectivity index is 0.00000225. The van der Waals surface area contributed by atoms with Crippen molar-refractivity contribution in [3.8, 4) is 0 Å². The van der Waals surface area contributed by atoms with Gasteiger partial charge in [-0.2, -0.15) is 0 Å². The zero-order valence-electron chi connectivity index (χ0n) is 8.72. The van der Waals surface area contributed by atoms with Crippen molar-refractivity contribution in [3.05, 3.63) is 42.1 Å². The van der Waals surface area contributed by atoms with Gasteiger partial charge in [0.15, 0.2) is 0 Å². The maximum absolute atomic E-state index is 12.5. The summed E-state index contributed by atoms with van der Waals surface area (Å²) in [5.41, 5.74) is -0.732. The minimum atomic E-state index is -4.97. The maximum Gasteiger partial charge on any atom is 1.00 e. The molecule has 1 aromatic rings. The first-order valence-electron chi connectivity index (χ1n) is 4.15. The Labute approximate surface area is 138 Å². The standard InChI is InChI=1S/C9H8BF4S.K/c1-7(10(12,13)14)6-15-9-4-2-8(11)3-5-9;/h2-5H,1,6H2;/q-1;+1. The molecule has 0 spiro atoms. The van der Waals surface area contributed by atoms with E-state index >= 15 is 0 Å². The Hall–Kier alpha value is 0.731. The first-order chi connectivity index (χ1) is 6.89. The van der Waals surface area contributed by atoms with Gasteiger partial charge in [0.2, 0.25) is 0 Å². The van der Waals surface area contributed by atoms with Crippen LogP contribution >= 0.6 is 11.8 Å². The van der Waals surface area contributed by atoms with E-state index in [1.165, 1.54) is 24.3 Å². The predicted octanol–water partition coefficient (Wildman–Crippen LogP) is 0.865. The van der Waals surface area contributed by atoms with E-state index in [-0.39, 0.29) is 57.1 Å². The zero-order valence-corrected chi connectivity index (χ0v) is 12.7. The molecule has 16 heavy (non-hydrogen) atoms. The molecule has 0 bridgehead atoms. The van der Waals surface area contributed by atoms with Crippen molar-refractivity contribution in [2.45, 2.75) is 4.90 Å². The normalized spacial score (nSPS) is 10.8. The van der Waals surface area contributed by atoms with Crippen LogP contribution in [0.25, 0.3) is 0 Å². The van der Waals surface area contributed by atoms with Crippen molar-refractivity contribution in [1.29, 1.82) is 0 Å². The van der Waals surface area contributed by atoms with Gasteiger partial charge in [-0.05, 0) is 30.0 Å². The third-order valence-corrected chi connectivity index (χ3v) is 2.82. The van der Waals surface area contributed by atoms with Gasteiger partial charge in [-0.25, -0.2) is 4.39 Å². The van der Waals surface area contributed by atoms with Crippen LogP contribution in [0.15, 0.2) is 41.2 Å². The van der Waals surface area contributed by atoms with Crippen molar-refractivity contribution in [1.82, 2.24) is 0 Å². The van der Waals surface area contributed by atoms with E-state index in [1.807, 2.05) is 0 Å². The molecule has 0 aromatic heterocycles. The summed E-state index contributed by atoms with van der Waals surface area (Å²) in [6, 6.07) is 5.31. The minimum Gasteiger partial charge on any atom is -0.445 e. The van der Waals surface area contributed by atoms with E-state index in [9.17, 15) is 17.3 Å². The molecule has 0 saturated heterocycles. The summed E-state index contributed by atoms with van der Waals surface area (Å²) >= 11 is 0.994. The van der Waals surface area contributed by atoms with E-state index in [0.717, 1.165) is 11.8 Å². The Morgan fingerprint density at radius 1 is 1.19 bits per heavy atom. The van der Waals surface area contributed by atoms with Crippen LogP contribution in [-0.2, 0) is 0 Å². The van der Waals surface area contributed by atoms with Crippen LogP contribution < -0.4 is 51.4 Å². The molecule has 0 amide bonds. The molecule has 1 aromatic carbocycles. The van der Waals surface area contributed by atoms with E-state index in [1.54, 1.807) is 0 Å². The largest absolute Gasteiger partial charge is 1.00 e. The summed E-state index contributed by atoms with van der Waals surface area (Å²) in [5.74, 6) is -0.618. The Bertz CT molecular complexity index is 350. The van der Waals surface area contributed by atoms with Crippen LogP contribution in [0.3, 0.4) is 0 Å². The quantitative estimate of drug-likeness (QED) is 0.446. The summed E-state index contributed by atoms with van der Waals surface area (Å²) in [6.07, 6.45) is 0. The molecule has 82 valence electrons. The van der Waals surface area contributed by atoms with Crippen LogP contribution in [0.4, 0.5) is 17.3 Å². The molecule has 0 aliphatic rings. The van der Waals surface area contributed by atoms with Gasteiger partial charge in [0.05, 0.1) is 0 Å². The average molecular weight is 274 g/mol. The van der Waals surface area contributed by atoms with Gasteiger partial charge in [0, 0.05) is 4.90 Å². The van der Waals surface area contributed by atoms with Crippen molar-refractivity contribution in [3.63, 3.8) is 0 Å². The van der Waals surface area contributed by atoms with Gasteiger partial charge < -0.3 is 12.9 Å². The van der Waals surface area contributed by atoms with Crippen LogP contribution in [-0.4, -0.2) is 12.7 Å². The fourth-order valence-corrected chi connectivity index (χ4v) is 1.67. The van der Waals surface area contributed by atoms with E-state index < -0.39 is 18.3 Å². The van der Waals surface area contributed by atoms with Gasteiger partial charge >= 0.3 is 58.4 Å². The molecule has 0 aliphatic carbocycles. The van der Waals surface area contributed by atoms with Crippen molar-refractivity contribution < 1.29 is 68.7 Å². The third-order valence-electron chi connectivity index (χ3n) is 1.70. The van der Waals surface area contributed by atoms with Crippen LogP contribution in [0.1, 0.15) is 0 Å². The number of rotatable bonds is 4. The van der Waals surface area contributed by atoms with Crippen LogP contribution in [0.5, 0.6) is 0 Å². The molecule has 0 fully saturated rings. The molecule has 0 atom stereocenters. The number of benzene rings is 1. The van der Waals surface area contributed by atoms with E-state index in [0.29, 0.717) is 4.90 Å². The summed E-state index contributed by atoms with van der Waals surface area (Å²) < 4.78 is 48.8. The van der Waals surface area contributed by atoms with Gasteiger partial charge in [-0.1, -0.05) is 0 Å². The monoisotopic (exact) mass is 274 g/mol. The van der Waals surface area contributed by atoms with Crippen molar-refractivity contribution in [2.24, 2.45) is 0 Å². The van der Waals surface area contributed by atoms with Crippen LogP contribution in [0.2, 0.25) is 0 Å². The molecule has 0 aliphatic heterocycles. The maximum atomic E-state index is 12.5. The van der Waals surface area contributed by atoms with Crippen LogP contribution in [0, 0.1) is 5.82 Å². The molecule has 1 rings (SSSR count). The Kier molecular flexibility index (Phi) is 7.56. The molecule has 0 radical (unpaired) electrons. The molecule has 7 heteroatoms. The SMILES string of the molecule is C=C(CSc1ccc(F)cc1)[B-](F)(F)F.[K+]. The first-order valence-corrected chi connectivity index (χ1v) is 5.14. The number of halogens is 4. The molecule has 0 heterocycles. The number of hydrogen-bond acceptors (Lipinski definition) is 1. The van der Waals surface area contributed by atoms with Crippen molar-refractivity contribution in [2.75, 3.05) is 5.75 Å². The summed E-state index contributed by atoms with van der Waals surface area (Å²) in [7, 11) is 0. The predicted molar refractivity (Wildman–Crippen MR) is 55.3 cm³/mol. The topological polar surface area (TPSA) is 0 Å². The molecular formula is C9H8BF4KS. The smallest absolute Gasteiger partial charge is 0.445 e. The fraction of sp³-hybridized carbons (Fsp3) is 0.111. The average Bonchev–Trinajstić information content (AvgIpc) is 2.15. The molecule has 0 unspecified atom stereocenters. The molecule has 0 saturated carbocycles. The summed E-state index contributed by atoms with van der Waals surface area (Å²) in [5, 5.41) is 0. The van der Waals surface area contributed by atoms with Gasteiger partial charge in [0.25, 0.3) is 0 Å². The first kappa shape index (κ1) is 16.7.